The van der Waals surface area contributed by atoms with E-state index in [1.807, 2.05) is 154 Å². The molecule has 2 aliphatic carbocycles. The van der Waals surface area contributed by atoms with Crippen LogP contribution in [0.15, 0.2) is 164 Å². The number of Topliss-reactive ketones (excluding diaryl/α,β-unsaturated/α-hetero) is 2. The van der Waals surface area contributed by atoms with Crippen LogP contribution in [-0.2, 0) is 29.3 Å². The lowest BCUT2D eigenvalue weighted by molar-refractivity contribution is -0.117. The predicted molar refractivity (Wildman–Crippen MR) is 257 cm³/mol. The van der Waals surface area contributed by atoms with Gasteiger partial charge in [-0.05, 0) is 138 Å². The highest BCUT2D eigenvalue weighted by atomic mass is 32.2. The zero-order valence-electron chi connectivity index (χ0n) is 39.1. The van der Waals surface area contributed by atoms with Crippen LogP contribution in [0.5, 0.6) is 0 Å². The van der Waals surface area contributed by atoms with E-state index < -0.39 is 41.0 Å². The number of carbonyl (C=O) groups is 2. The van der Waals surface area contributed by atoms with E-state index in [0.717, 1.165) is 44.6 Å². The molecule has 2 aliphatic rings. The van der Waals surface area contributed by atoms with Crippen molar-refractivity contribution in [3.63, 3.8) is 0 Å². The van der Waals surface area contributed by atoms with Crippen molar-refractivity contribution >= 4 is 31.2 Å². The van der Waals surface area contributed by atoms with Gasteiger partial charge >= 0.3 is 0 Å². The lowest BCUT2D eigenvalue weighted by Gasteiger charge is -2.38. The zero-order valence-corrected chi connectivity index (χ0v) is 40.7. The quantitative estimate of drug-likeness (QED) is 0.156. The SMILES string of the molecule is CC1=C(C(C/C(C)=C/C=C/C(C)=C/C=C/C=C(C)/C=C/C=C(\C)CC(C2=C(C)C(=O)CCC2(C)C)S(=O)(=O)c2ccc(C)cc2)S(=O)(=O)c2ccc(C)cc2)C(C)(C)CCC1=O. The van der Waals surface area contributed by atoms with Crippen LogP contribution in [-0.4, -0.2) is 38.9 Å². The summed E-state index contributed by atoms with van der Waals surface area (Å²) in [4.78, 5) is 26.4. The molecule has 8 heteroatoms. The maximum atomic E-state index is 14.2. The smallest absolute Gasteiger partial charge is 0.185 e. The number of rotatable bonds is 16. The topological polar surface area (TPSA) is 102 Å². The van der Waals surface area contributed by atoms with Gasteiger partial charge in [0.1, 0.15) is 0 Å². The highest BCUT2D eigenvalue weighted by Gasteiger charge is 2.44. The third-order valence-corrected chi connectivity index (χ3v) is 16.6. The summed E-state index contributed by atoms with van der Waals surface area (Å²) in [5.41, 5.74) is 7.52. The van der Waals surface area contributed by atoms with Gasteiger partial charge in [0.05, 0.1) is 20.3 Å². The van der Waals surface area contributed by atoms with Gasteiger partial charge in [-0.3, -0.25) is 9.59 Å². The van der Waals surface area contributed by atoms with Gasteiger partial charge in [0.15, 0.2) is 31.2 Å². The minimum atomic E-state index is -3.79. The number of sulfone groups is 2. The van der Waals surface area contributed by atoms with E-state index in [1.54, 1.807) is 38.1 Å². The molecule has 0 spiro atoms. The van der Waals surface area contributed by atoms with Crippen molar-refractivity contribution in [1.82, 2.24) is 0 Å². The van der Waals surface area contributed by atoms with Crippen molar-refractivity contribution in [3.05, 3.63) is 165 Å². The Labute approximate surface area is 373 Å². The van der Waals surface area contributed by atoms with Crippen molar-refractivity contribution in [2.45, 2.75) is 142 Å². The van der Waals surface area contributed by atoms with Gasteiger partial charge in [0.25, 0.3) is 0 Å². The highest BCUT2D eigenvalue weighted by Crippen LogP contribution is 2.46. The molecular formula is C54H68O6S2. The molecule has 332 valence electrons. The van der Waals surface area contributed by atoms with Gasteiger partial charge in [-0.15, -0.1) is 0 Å². The molecule has 2 aromatic carbocycles. The molecular weight excluding hydrogens is 809 g/mol. The van der Waals surface area contributed by atoms with E-state index in [-0.39, 0.29) is 34.2 Å². The monoisotopic (exact) mass is 876 g/mol. The van der Waals surface area contributed by atoms with Crippen LogP contribution in [0.25, 0.3) is 0 Å². The maximum absolute atomic E-state index is 14.2. The van der Waals surface area contributed by atoms with Crippen LogP contribution in [0.3, 0.4) is 0 Å². The summed E-state index contributed by atoms with van der Waals surface area (Å²) in [5.74, 6) is 0.0412. The Morgan fingerprint density at radius 3 is 1.18 bits per heavy atom. The first-order valence-electron chi connectivity index (χ1n) is 21.7. The summed E-state index contributed by atoms with van der Waals surface area (Å²) < 4.78 is 57.0. The Kier molecular flexibility index (Phi) is 16.7. The molecule has 2 aromatic rings. The third kappa shape index (κ3) is 12.5. The number of ketones is 2. The Hall–Kier alpha value is -4.66. The van der Waals surface area contributed by atoms with Crippen LogP contribution in [0.4, 0.5) is 0 Å². The average Bonchev–Trinajstić information content (AvgIpc) is 3.19. The molecule has 0 fully saturated rings. The van der Waals surface area contributed by atoms with Gasteiger partial charge < -0.3 is 0 Å². The molecule has 2 atom stereocenters. The van der Waals surface area contributed by atoms with Crippen LogP contribution in [0.2, 0.25) is 0 Å². The molecule has 0 aliphatic heterocycles. The summed E-state index contributed by atoms with van der Waals surface area (Å²) in [6.45, 7) is 23.5. The second-order valence-corrected chi connectivity index (χ2v) is 23.0. The number of carbonyl (C=O) groups excluding carboxylic acids is 2. The summed E-state index contributed by atoms with van der Waals surface area (Å²) in [7, 11) is -7.58. The van der Waals surface area contributed by atoms with Crippen LogP contribution in [0.1, 0.15) is 119 Å². The first kappa shape index (κ1) is 50.0. The van der Waals surface area contributed by atoms with Crippen molar-refractivity contribution in [1.29, 1.82) is 0 Å². The average molecular weight is 877 g/mol. The molecule has 0 radical (unpaired) electrons. The molecule has 2 unspecified atom stereocenters. The molecule has 0 amide bonds. The number of benzene rings is 2. The van der Waals surface area contributed by atoms with Gasteiger partial charge in [-0.1, -0.05) is 146 Å². The summed E-state index contributed by atoms with van der Waals surface area (Å²) in [5, 5.41) is -1.70. The minimum Gasteiger partial charge on any atom is -0.295 e. The second kappa shape index (κ2) is 20.7. The summed E-state index contributed by atoms with van der Waals surface area (Å²) >= 11 is 0. The standard InChI is InChI=1S/C54H68O6S2/c1-37(19-15-21-41(5)35-49(51-43(7)47(55)31-33-53(51,9)10)61(57,58)45-27-23-39(3)24-28-45)17-13-14-18-38(2)20-16-22-42(6)36-50(52-44(8)48(56)32-34-54(52,11)12)62(59,60)46-29-25-40(4)26-30-46/h13-30,49-50H,31-36H2,1-12H3/b14-13+,19-15+,20-16+,37-17+,38-18+,41-21+,42-22+. The van der Waals surface area contributed by atoms with Gasteiger partial charge in [0.2, 0.25) is 0 Å². The number of allylic oxidation sites excluding steroid dienone is 16. The normalized spacial score (nSPS) is 19.7. The molecule has 0 aromatic heterocycles. The van der Waals surface area contributed by atoms with Crippen LogP contribution >= 0.6 is 0 Å². The molecule has 0 bridgehead atoms. The van der Waals surface area contributed by atoms with Crippen molar-refractivity contribution < 1.29 is 26.4 Å². The van der Waals surface area contributed by atoms with Gasteiger partial charge in [0, 0.05) is 12.8 Å². The Morgan fingerprint density at radius 1 is 0.532 bits per heavy atom. The van der Waals surface area contributed by atoms with E-state index in [0.29, 0.717) is 36.8 Å². The highest BCUT2D eigenvalue weighted by molar-refractivity contribution is 7.92. The van der Waals surface area contributed by atoms with E-state index in [4.69, 9.17) is 0 Å². The number of hydrogen-bond donors (Lipinski definition) is 0. The number of aryl methyl sites for hydroxylation is 2. The fourth-order valence-electron chi connectivity index (χ4n) is 8.66. The maximum Gasteiger partial charge on any atom is 0.185 e. The first-order valence-corrected chi connectivity index (χ1v) is 24.8. The molecule has 0 saturated carbocycles. The first-order chi connectivity index (χ1) is 28.9. The lowest BCUT2D eigenvalue weighted by Crippen LogP contribution is -2.37. The second-order valence-electron chi connectivity index (χ2n) is 18.7. The lowest BCUT2D eigenvalue weighted by atomic mass is 9.70. The molecule has 0 heterocycles. The van der Waals surface area contributed by atoms with E-state index in [1.165, 1.54) is 0 Å². The zero-order chi connectivity index (χ0) is 46.2. The Morgan fingerprint density at radius 2 is 0.855 bits per heavy atom. The van der Waals surface area contributed by atoms with E-state index in [2.05, 4.69) is 0 Å². The predicted octanol–water partition coefficient (Wildman–Crippen LogP) is 12.9. The third-order valence-electron chi connectivity index (χ3n) is 12.5. The summed E-state index contributed by atoms with van der Waals surface area (Å²) in [6, 6.07) is 13.9. The van der Waals surface area contributed by atoms with Crippen LogP contribution < -0.4 is 0 Å². The van der Waals surface area contributed by atoms with Crippen molar-refractivity contribution in [3.8, 4) is 0 Å². The molecule has 6 nitrogen and oxygen atoms in total. The molecule has 0 saturated heterocycles. The Balaban J connectivity index is 1.47. The van der Waals surface area contributed by atoms with Gasteiger partial charge in [-0.25, -0.2) is 16.8 Å². The van der Waals surface area contributed by atoms with E-state index >= 15 is 0 Å². The Bertz CT molecular complexity index is 2350. The van der Waals surface area contributed by atoms with Crippen molar-refractivity contribution in [2.24, 2.45) is 10.8 Å². The largest absolute Gasteiger partial charge is 0.295 e. The summed E-state index contributed by atoms with van der Waals surface area (Å²) in [6.07, 6.45) is 22.3. The fourth-order valence-corrected chi connectivity index (χ4v) is 12.9. The molecule has 0 N–H and O–H groups in total. The van der Waals surface area contributed by atoms with Crippen molar-refractivity contribution in [2.75, 3.05) is 0 Å². The fraction of sp³-hybridized carbons (Fsp3) is 0.407. The molecule has 4 rings (SSSR count). The van der Waals surface area contributed by atoms with Gasteiger partial charge in [-0.2, -0.15) is 0 Å². The van der Waals surface area contributed by atoms with Crippen LogP contribution in [0, 0.1) is 24.7 Å². The minimum absolute atomic E-state index is 0.0206. The number of hydrogen-bond acceptors (Lipinski definition) is 6. The van der Waals surface area contributed by atoms with E-state index in [9.17, 15) is 26.4 Å². The molecule has 62 heavy (non-hydrogen) atoms.